The number of hydrazine groups is 1. The SMILES string of the molecule is CN1CCN(NC(=O)c2cc(N)c(F)cc2F)CC1. The molecule has 1 saturated heterocycles. The Hall–Kier alpha value is -1.73. The maximum absolute atomic E-state index is 13.5. The molecule has 0 bridgehead atoms. The molecule has 7 heteroatoms. The van der Waals surface area contributed by atoms with Crippen LogP contribution in [0.5, 0.6) is 0 Å². The van der Waals surface area contributed by atoms with Crippen molar-refractivity contribution < 1.29 is 13.6 Å². The van der Waals surface area contributed by atoms with Gasteiger partial charge in [0.15, 0.2) is 0 Å². The van der Waals surface area contributed by atoms with E-state index in [2.05, 4.69) is 10.3 Å². The first-order valence-corrected chi connectivity index (χ1v) is 5.96. The van der Waals surface area contributed by atoms with Crippen LogP contribution in [0.15, 0.2) is 12.1 Å². The minimum Gasteiger partial charge on any atom is -0.396 e. The molecule has 3 N–H and O–H groups in total. The summed E-state index contributed by atoms with van der Waals surface area (Å²) in [5.41, 5.74) is 7.43. The van der Waals surface area contributed by atoms with Gasteiger partial charge in [0.05, 0.1) is 11.3 Å². The summed E-state index contributed by atoms with van der Waals surface area (Å²) in [6.07, 6.45) is 0. The number of halogens is 2. The van der Waals surface area contributed by atoms with Crippen molar-refractivity contribution >= 4 is 11.6 Å². The Kier molecular flexibility index (Phi) is 3.96. The largest absolute Gasteiger partial charge is 0.396 e. The molecular weight excluding hydrogens is 254 g/mol. The highest BCUT2D eigenvalue weighted by Gasteiger charge is 2.19. The van der Waals surface area contributed by atoms with Crippen molar-refractivity contribution in [2.45, 2.75) is 0 Å². The Labute approximate surface area is 109 Å². The van der Waals surface area contributed by atoms with Crippen molar-refractivity contribution in [3.63, 3.8) is 0 Å². The highest BCUT2D eigenvalue weighted by Crippen LogP contribution is 2.16. The van der Waals surface area contributed by atoms with Gasteiger partial charge >= 0.3 is 0 Å². The lowest BCUT2D eigenvalue weighted by Crippen LogP contribution is -2.52. The molecule has 1 amide bonds. The lowest BCUT2D eigenvalue weighted by molar-refractivity contribution is 0.0658. The van der Waals surface area contributed by atoms with E-state index in [9.17, 15) is 13.6 Å². The number of benzene rings is 1. The second kappa shape index (κ2) is 5.50. The van der Waals surface area contributed by atoms with Crippen LogP contribution >= 0.6 is 0 Å². The van der Waals surface area contributed by atoms with Gasteiger partial charge in [0.25, 0.3) is 5.91 Å². The predicted octanol–water partition coefficient (Wildman–Crippen LogP) is 0.439. The Morgan fingerprint density at radius 1 is 1.21 bits per heavy atom. The van der Waals surface area contributed by atoms with E-state index in [0.717, 1.165) is 19.2 Å². The number of carbonyl (C=O) groups excluding carboxylic acids is 1. The van der Waals surface area contributed by atoms with E-state index in [1.165, 1.54) is 0 Å². The van der Waals surface area contributed by atoms with Crippen LogP contribution in [0, 0.1) is 11.6 Å². The first kappa shape index (κ1) is 13.7. The van der Waals surface area contributed by atoms with Gasteiger partial charge in [-0.15, -0.1) is 0 Å². The second-order valence-corrected chi connectivity index (χ2v) is 4.58. The van der Waals surface area contributed by atoms with E-state index >= 15 is 0 Å². The summed E-state index contributed by atoms with van der Waals surface area (Å²) < 4.78 is 26.5. The zero-order chi connectivity index (χ0) is 14.0. The van der Waals surface area contributed by atoms with Crippen LogP contribution in [-0.2, 0) is 0 Å². The maximum atomic E-state index is 13.5. The molecule has 0 aliphatic carbocycles. The molecule has 0 saturated carbocycles. The molecule has 0 spiro atoms. The second-order valence-electron chi connectivity index (χ2n) is 4.58. The van der Waals surface area contributed by atoms with Gasteiger partial charge in [0.2, 0.25) is 0 Å². The molecule has 5 nitrogen and oxygen atoms in total. The molecule has 1 heterocycles. The number of amides is 1. The van der Waals surface area contributed by atoms with Gasteiger partial charge in [-0.25, -0.2) is 13.8 Å². The number of nitrogen functional groups attached to an aromatic ring is 1. The smallest absolute Gasteiger partial charge is 0.268 e. The van der Waals surface area contributed by atoms with Crippen LogP contribution in [-0.4, -0.2) is 49.0 Å². The molecule has 19 heavy (non-hydrogen) atoms. The summed E-state index contributed by atoms with van der Waals surface area (Å²) in [5, 5.41) is 1.71. The van der Waals surface area contributed by atoms with E-state index in [1.54, 1.807) is 5.01 Å². The van der Waals surface area contributed by atoms with Crippen molar-refractivity contribution in [3.8, 4) is 0 Å². The molecule has 0 unspecified atom stereocenters. The number of piperazine rings is 1. The van der Waals surface area contributed by atoms with E-state index < -0.39 is 17.5 Å². The third-order valence-electron chi connectivity index (χ3n) is 3.09. The fraction of sp³-hybridized carbons (Fsp3) is 0.417. The normalized spacial score (nSPS) is 17.4. The quantitative estimate of drug-likeness (QED) is 0.766. The van der Waals surface area contributed by atoms with Crippen LogP contribution in [0.4, 0.5) is 14.5 Å². The lowest BCUT2D eigenvalue weighted by atomic mass is 10.1. The standard InChI is InChI=1S/C12H16F2N4O/c1-17-2-4-18(5-3-17)16-12(19)8-6-11(15)10(14)7-9(8)13/h6-7H,2-5,15H2,1H3,(H,16,19). The number of hydrogen-bond acceptors (Lipinski definition) is 4. The maximum Gasteiger partial charge on any atom is 0.268 e. The van der Waals surface area contributed by atoms with Gasteiger partial charge < -0.3 is 10.6 Å². The van der Waals surface area contributed by atoms with E-state index in [-0.39, 0.29) is 11.3 Å². The minimum atomic E-state index is -0.918. The zero-order valence-corrected chi connectivity index (χ0v) is 10.6. The Balaban J connectivity index is 2.06. The molecule has 0 aromatic heterocycles. The molecule has 1 aliphatic heterocycles. The van der Waals surface area contributed by atoms with Crippen molar-refractivity contribution in [2.75, 3.05) is 39.0 Å². The topological polar surface area (TPSA) is 61.6 Å². The van der Waals surface area contributed by atoms with Crippen molar-refractivity contribution in [3.05, 3.63) is 29.3 Å². The molecule has 2 rings (SSSR count). The molecule has 1 aromatic carbocycles. The van der Waals surface area contributed by atoms with Crippen LogP contribution in [0.1, 0.15) is 10.4 Å². The number of nitrogens with two attached hydrogens (primary N) is 1. The number of anilines is 1. The summed E-state index contributed by atoms with van der Waals surface area (Å²) in [6.45, 7) is 2.93. The average Bonchev–Trinajstić information content (AvgIpc) is 2.36. The molecule has 1 fully saturated rings. The summed E-state index contributed by atoms with van der Waals surface area (Å²) in [7, 11) is 1.99. The van der Waals surface area contributed by atoms with Crippen molar-refractivity contribution in [1.29, 1.82) is 0 Å². The molecule has 0 atom stereocenters. The van der Waals surface area contributed by atoms with E-state index in [1.807, 2.05) is 7.05 Å². The third-order valence-corrected chi connectivity index (χ3v) is 3.09. The van der Waals surface area contributed by atoms with Gasteiger partial charge in [-0.1, -0.05) is 0 Å². The van der Waals surface area contributed by atoms with Crippen LogP contribution in [0.25, 0.3) is 0 Å². The fourth-order valence-electron chi connectivity index (χ4n) is 1.86. The van der Waals surface area contributed by atoms with Gasteiger partial charge in [0.1, 0.15) is 11.6 Å². The van der Waals surface area contributed by atoms with Crippen LogP contribution in [0.3, 0.4) is 0 Å². The van der Waals surface area contributed by atoms with Gasteiger partial charge in [-0.05, 0) is 13.1 Å². The van der Waals surface area contributed by atoms with Crippen molar-refractivity contribution in [2.24, 2.45) is 0 Å². The highest BCUT2D eigenvalue weighted by molar-refractivity contribution is 5.95. The minimum absolute atomic E-state index is 0.245. The Bertz CT molecular complexity index is 487. The van der Waals surface area contributed by atoms with E-state index in [4.69, 9.17) is 5.73 Å². The highest BCUT2D eigenvalue weighted by atomic mass is 19.1. The number of carbonyl (C=O) groups is 1. The molecule has 0 radical (unpaired) electrons. The van der Waals surface area contributed by atoms with E-state index in [0.29, 0.717) is 19.2 Å². The Morgan fingerprint density at radius 3 is 2.47 bits per heavy atom. The van der Waals surface area contributed by atoms with Gasteiger partial charge in [-0.2, -0.15) is 0 Å². The number of nitrogens with zero attached hydrogens (tertiary/aromatic N) is 2. The summed E-state index contributed by atoms with van der Waals surface area (Å²) in [6, 6.07) is 1.63. The summed E-state index contributed by atoms with van der Waals surface area (Å²) >= 11 is 0. The molecule has 1 aliphatic rings. The van der Waals surface area contributed by atoms with Crippen LogP contribution < -0.4 is 11.2 Å². The number of hydrogen-bond donors (Lipinski definition) is 2. The average molecular weight is 270 g/mol. The first-order valence-electron chi connectivity index (χ1n) is 5.96. The fourth-order valence-corrected chi connectivity index (χ4v) is 1.86. The monoisotopic (exact) mass is 270 g/mol. The summed E-state index contributed by atoms with van der Waals surface area (Å²) in [5.74, 6) is -2.40. The number of nitrogens with one attached hydrogen (secondary N) is 1. The number of likely N-dealkylation sites (N-methyl/N-ethyl adjacent to an activating group) is 1. The third kappa shape index (κ3) is 3.18. The zero-order valence-electron chi connectivity index (χ0n) is 10.6. The summed E-state index contributed by atoms with van der Waals surface area (Å²) in [4.78, 5) is 14.0. The number of rotatable bonds is 2. The predicted molar refractivity (Wildman–Crippen MR) is 67.3 cm³/mol. The Morgan fingerprint density at radius 2 is 1.84 bits per heavy atom. The molecule has 104 valence electrons. The molecular formula is C12H16F2N4O. The van der Waals surface area contributed by atoms with Crippen LogP contribution in [0.2, 0.25) is 0 Å². The van der Waals surface area contributed by atoms with Crippen molar-refractivity contribution in [1.82, 2.24) is 15.3 Å². The van der Waals surface area contributed by atoms with Gasteiger partial charge in [0, 0.05) is 32.2 Å². The lowest BCUT2D eigenvalue weighted by Gasteiger charge is -2.32. The molecule has 1 aromatic rings. The van der Waals surface area contributed by atoms with Gasteiger partial charge in [-0.3, -0.25) is 10.2 Å². The first-order chi connectivity index (χ1) is 8.97.